The lowest BCUT2D eigenvalue weighted by Crippen LogP contribution is -2.18. The quantitative estimate of drug-likeness (QED) is 0.340. The standard InChI is InChI=1S/C14H17N3OS/c1-10(13-6-3-7-19-13)16-9-11-4-2-5-12(8-11)14(15)17-18/h2-8,10,16,18H,9H2,1H3,(H2,15,17)/t10-/m0/s1. The van der Waals surface area contributed by atoms with E-state index >= 15 is 0 Å². The first-order valence-corrected chi connectivity index (χ1v) is 6.92. The Balaban J connectivity index is 2.00. The van der Waals surface area contributed by atoms with E-state index in [-0.39, 0.29) is 5.84 Å². The third-order valence-corrected chi connectivity index (χ3v) is 3.97. The molecule has 1 aromatic heterocycles. The van der Waals surface area contributed by atoms with Gasteiger partial charge in [-0.3, -0.25) is 0 Å². The summed E-state index contributed by atoms with van der Waals surface area (Å²) in [6, 6.07) is 12.1. The van der Waals surface area contributed by atoms with E-state index in [1.165, 1.54) is 4.88 Å². The fraction of sp³-hybridized carbons (Fsp3) is 0.214. The van der Waals surface area contributed by atoms with Crippen molar-refractivity contribution in [2.24, 2.45) is 10.9 Å². The molecule has 19 heavy (non-hydrogen) atoms. The SMILES string of the molecule is C[C@H](NCc1cccc(/C(N)=N/O)c1)c1cccs1. The van der Waals surface area contributed by atoms with Crippen LogP contribution in [0.4, 0.5) is 0 Å². The highest BCUT2D eigenvalue weighted by atomic mass is 32.1. The summed E-state index contributed by atoms with van der Waals surface area (Å²) in [6.07, 6.45) is 0. The van der Waals surface area contributed by atoms with Crippen molar-refractivity contribution in [3.63, 3.8) is 0 Å². The Morgan fingerprint density at radius 2 is 2.26 bits per heavy atom. The van der Waals surface area contributed by atoms with Gasteiger partial charge in [0.2, 0.25) is 0 Å². The van der Waals surface area contributed by atoms with E-state index in [9.17, 15) is 0 Å². The first kappa shape index (κ1) is 13.6. The summed E-state index contributed by atoms with van der Waals surface area (Å²) in [5.74, 6) is 0.133. The second-order valence-corrected chi connectivity index (χ2v) is 5.28. The molecule has 0 aliphatic heterocycles. The number of hydrogen-bond acceptors (Lipinski definition) is 4. The average Bonchev–Trinajstić information content (AvgIpc) is 2.98. The number of nitrogens with two attached hydrogens (primary N) is 1. The number of benzene rings is 1. The normalized spacial score (nSPS) is 13.4. The molecule has 0 spiro atoms. The molecule has 1 atom stereocenters. The summed E-state index contributed by atoms with van der Waals surface area (Å²) in [5, 5.41) is 17.2. The molecule has 4 nitrogen and oxygen atoms in total. The van der Waals surface area contributed by atoms with Gasteiger partial charge >= 0.3 is 0 Å². The minimum Gasteiger partial charge on any atom is -0.409 e. The maximum Gasteiger partial charge on any atom is 0.170 e. The van der Waals surface area contributed by atoms with Crippen LogP contribution in [-0.2, 0) is 6.54 Å². The monoisotopic (exact) mass is 275 g/mol. The summed E-state index contributed by atoms with van der Waals surface area (Å²) < 4.78 is 0. The van der Waals surface area contributed by atoms with Crippen molar-refractivity contribution in [2.45, 2.75) is 19.5 Å². The summed E-state index contributed by atoms with van der Waals surface area (Å²) in [7, 11) is 0. The third kappa shape index (κ3) is 3.56. The van der Waals surface area contributed by atoms with Gasteiger partial charge < -0.3 is 16.3 Å². The molecule has 1 aromatic carbocycles. The van der Waals surface area contributed by atoms with Crippen LogP contribution >= 0.6 is 11.3 Å². The molecule has 0 saturated heterocycles. The van der Waals surface area contributed by atoms with Crippen LogP contribution in [0.5, 0.6) is 0 Å². The molecule has 0 aliphatic carbocycles. The Morgan fingerprint density at radius 3 is 2.95 bits per heavy atom. The lowest BCUT2D eigenvalue weighted by atomic mass is 10.1. The van der Waals surface area contributed by atoms with E-state index in [0.717, 1.165) is 17.7 Å². The van der Waals surface area contributed by atoms with Gasteiger partial charge in [0.05, 0.1) is 0 Å². The Hall–Kier alpha value is -1.85. The van der Waals surface area contributed by atoms with Gasteiger partial charge in [-0.1, -0.05) is 29.4 Å². The first-order chi connectivity index (χ1) is 9.20. The molecular formula is C14H17N3OS. The molecule has 1 heterocycles. The van der Waals surface area contributed by atoms with Crippen molar-refractivity contribution in [1.82, 2.24) is 5.32 Å². The molecule has 4 N–H and O–H groups in total. The zero-order valence-corrected chi connectivity index (χ0v) is 11.5. The van der Waals surface area contributed by atoms with E-state index in [1.807, 2.05) is 24.3 Å². The predicted molar refractivity (Wildman–Crippen MR) is 78.5 cm³/mol. The highest BCUT2D eigenvalue weighted by Crippen LogP contribution is 2.18. The third-order valence-electron chi connectivity index (χ3n) is 2.91. The van der Waals surface area contributed by atoms with E-state index in [1.54, 1.807) is 11.3 Å². The number of oxime groups is 1. The molecule has 100 valence electrons. The van der Waals surface area contributed by atoms with Gasteiger partial charge in [0.25, 0.3) is 0 Å². The Morgan fingerprint density at radius 1 is 1.42 bits per heavy atom. The van der Waals surface area contributed by atoms with Crippen LogP contribution in [0.1, 0.15) is 29.0 Å². The van der Waals surface area contributed by atoms with Gasteiger partial charge in [-0.15, -0.1) is 11.3 Å². The van der Waals surface area contributed by atoms with Crippen LogP contribution in [0.15, 0.2) is 46.9 Å². The molecule has 2 rings (SSSR count). The molecular weight excluding hydrogens is 258 g/mol. The van der Waals surface area contributed by atoms with Crippen molar-refractivity contribution < 1.29 is 5.21 Å². The molecule has 0 aliphatic rings. The number of rotatable bonds is 5. The van der Waals surface area contributed by atoms with E-state index in [0.29, 0.717) is 6.04 Å². The van der Waals surface area contributed by atoms with Crippen LogP contribution in [0.2, 0.25) is 0 Å². The van der Waals surface area contributed by atoms with Gasteiger partial charge in [0.1, 0.15) is 0 Å². The van der Waals surface area contributed by atoms with Gasteiger partial charge in [-0.2, -0.15) is 0 Å². The number of nitrogens with zero attached hydrogens (tertiary/aromatic N) is 1. The van der Waals surface area contributed by atoms with Crippen molar-refractivity contribution in [3.8, 4) is 0 Å². The van der Waals surface area contributed by atoms with Crippen LogP contribution < -0.4 is 11.1 Å². The summed E-state index contributed by atoms with van der Waals surface area (Å²) >= 11 is 1.74. The first-order valence-electron chi connectivity index (χ1n) is 6.04. The second kappa shape index (κ2) is 6.36. The molecule has 2 aromatic rings. The van der Waals surface area contributed by atoms with Crippen LogP contribution in [0, 0.1) is 0 Å². The fourth-order valence-electron chi connectivity index (χ4n) is 1.81. The van der Waals surface area contributed by atoms with Gasteiger partial charge in [-0.05, 0) is 30.0 Å². The van der Waals surface area contributed by atoms with Crippen LogP contribution in [-0.4, -0.2) is 11.0 Å². The zero-order chi connectivity index (χ0) is 13.7. The van der Waals surface area contributed by atoms with E-state index < -0.39 is 0 Å². The highest BCUT2D eigenvalue weighted by Gasteiger charge is 2.06. The summed E-state index contributed by atoms with van der Waals surface area (Å²) in [5.41, 5.74) is 7.41. The van der Waals surface area contributed by atoms with Crippen molar-refractivity contribution in [2.75, 3.05) is 0 Å². The summed E-state index contributed by atoms with van der Waals surface area (Å²) in [6.45, 7) is 2.88. The average molecular weight is 275 g/mol. The minimum atomic E-state index is 0.133. The van der Waals surface area contributed by atoms with Crippen molar-refractivity contribution in [3.05, 3.63) is 57.8 Å². The molecule has 0 saturated carbocycles. The van der Waals surface area contributed by atoms with Gasteiger partial charge in [-0.25, -0.2) is 0 Å². The van der Waals surface area contributed by atoms with Gasteiger partial charge in [0.15, 0.2) is 5.84 Å². The van der Waals surface area contributed by atoms with Crippen LogP contribution in [0.25, 0.3) is 0 Å². The van der Waals surface area contributed by atoms with Crippen molar-refractivity contribution in [1.29, 1.82) is 0 Å². The lowest BCUT2D eigenvalue weighted by molar-refractivity contribution is 0.318. The molecule has 0 fully saturated rings. The molecule has 0 unspecified atom stereocenters. The Bertz CT molecular complexity index is 552. The number of hydrogen-bond donors (Lipinski definition) is 3. The molecule has 0 amide bonds. The smallest absolute Gasteiger partial charge is 0.170 e. The van der Waals surface area contributed by atoms with Crippen molar-refractivity contribution >= 4 is 17.2 Å². The number of thiophene rings is 1. The maximum atomic E-state index is 8.67. The zero-order valence-electron chi connectivity index (χ0n) is 10.7. The molecule has 0 bridgehead atoms. The summed E-state index contributed by atoms with van der Waals surface area (Å²) in [4.78, 5) is 1.31. The van der Waals surface area contributed by atoms with E-state index in [2.05, 4.69) is 34.9 Å². The molecule has 0 radical (unpaired) electrons. The lowest BCUT2D eigenvalue weighted by Gasteiger charge is -2.12. The van der Waals surface area contributed by atoms with E-state index in [4.69, 9.17) is 10.9 Å². The molecule has 5 heteroatoms. The largest absolute Gasteiger partial charge is 0.409 e. The highest BCUT2D eigenvalue weighted by molar-refractivity contribution is 7.10. The van der Waals surface area contributed by atoms with Gasteiger partial charge in [0, 0.05) is 23.0 Å². The van der Waals surface area contributed by atoms with Crippen LogP contribution in [0.3, 0.4) is 0 Å². The number of amidine groups is 1. The Kier molecular flexibility index (Phi) is 4.54. The topological polar surface area (TPSA) is 70.6 Å². The number of nitrogens with one attached hydrogen (secondary N) is 1. The predicted octanol–water partition coefficient (Wildman–Crippen LogP) is 2.69. The minimum absolute atomic E-state index is 0.133. The Labute approximate surface area is 116 Å². The second-order valence-electron chi connectivity index (χ2n) is 4.30. The fourth-order valence-corrected chi connectivity index (χ4v) is 2.57. The maximum absolute atomic E-state index is 8.67.